The Balaban J connectivity index is 2.07. The van der Waals surface area contributed by atoms with Gasteiger partial charge in [-0.15, -0.1) is 13.2 Å². The van der Waals surface area contributed by atoms with Crippen molar-refractivity contribution in [2.24, 2.45) is 11.7 Å². The van der Waals surface area contributed by atoms with E-state index in [9.17, 15) is 18.0 Å². The second kappa shape index (κ2) is 5.58. The Morgan fingerprint density at radius 3 is 2.35 bits per heavy atom. The largest absolute Gasteiger partial charge is 0.573 e. The number of ether oxygens (including phenoxy) is 1. The summed E-state index contributed by atoms with van der Waals surface area (Å²) in [7, 11) is 0. The summed E-state index contributed by atoms with van der Waals surface area (Å²) in [6.45, 7) is 2.01. The third-order valence-electron chi connectivity index (χ3n) is 2.95. The molecule has 20 heavy (non-hydrogen) atoms. The molecule has 1 aliphatic heterocycles. The number of nitrogens with zero attached hydrogens (tertiary/aromatic N) is 1. The SMILES string of the molecule is NC(=O)N(CC1CNC1)c1ccc(OC(F)(F)F)cc1. The van der Waals surface area contributed by atoms with Gasteiger partial charge in [0.25, 0.3) is 0 Å². The first-order valence-electron chi connectivity index (χ1n) is 5.98. The molecule has 0 spiro atoms. The van der Waals surface area contributed by atoms with Crippen LogP contribution in [-0.4, -0.2) is 32.0 Å². The van der Waals surface area contributed by atoms with E-state index in [0.29, 0.717) is 18.2 Å². The third kappa shape index (κ3) is 3.77. The van der Waals surface area contributed by atoms with Crippen LogP contribution in [0.2, 0.25) is 0 Å². The summed E-state index contributed by atoms with van der Waals surface area (Å²) >= 11 is 0. The lowest BCUT2D eigenvalue weighted by atomic mass is 10.0. The number of carbonyl (C=O) groups excluding carboxylic acids is 1. The van der Waals surface area contributed by atoms with Gasteiger partial charge < -0.3 is 15.8 Å². The zero-order valence-corrected chi connectivity index (χ0v) is 10.5. The first kappa shape index (κ1) is 14.4. The maximum atomic E-state index is 12.0. The number of benzene rings is 1. The summed E-state index contributed by atoms with van der Waals surface area (Å²) in [5.41, 5.74) is 5.73. The summed E-state index contributed by atoms with van der Waals surface area (Å²) in [4.78, 5) is 12.7. The van der Waals surface area contributed by atoms with Gasteiger partial charge in [0, 0.05) is 31.2 Å². The average Bonchev–Trinajstić information content (AvgIpc) is 2.26. The number of alkyl halides is 3. The van der Waals surface area contributed by atoms with Crippen LogP contribution in [0.15, 0.2) is 24.3 Å². The van der Waals surface area contributed by atoms with Crippen molar-refractivity contribution < 1.29 is 22.7 Å². The van der Waals surface area contributed by atoms with E-state index in [1.165, 1.54) is 17.0 Å². The van der Waals surface area contributed by atoms with E-state index in [1.54, 1.807) is 0 Å². The Bertz CT molecular complexity index is 472. The minimum atomic E-state index is -4.73. The minimum Gasteiger partial charge on any atom is -0.406 e. The lowest BCUT2D eigenvalue weighted by Gasteiger charge is -2.32. The van der Waals surface area contributed by atoms with Gasteiger partial charge in [0.2, 0.25) is 0 Å². The Morgan fingerprint density at radius 1 is 1.35 bits per heavy atom. The molecule has 8 heteroatoms. The number of anilines is 1. The highest BCUT2D eigenvalue weighted by atomic mass is 19.4. The molecule has 0 saturated carbocycles. The van der Waals surface area contributed by atoms with E-state index in [-0.39, 0.29) is 5.75 Å². The monoisotopic (exact) mass is 289 g/mol. The van der Waals surface area contributed by atoms with Crippen molar-refractivity contribution in [3.05, 3.63) is 24.3 Å². The van der Waals surface area contributed by atoms with Crippen molar-refractivity contribution in [1.82, 2.24) is 5.32 Å². The number of urea groups is 1. The molecule has 1 aliphatic rings. The van der Waals surface area contributed by atoms with E-state index in [4.69, 9.17) is 5.73 Å². The zero-order valence-electron chi connectivity index (χ0n) is 10.5. The molecule has 1 aromatic carbocycles. The lowest BCUT2D eigenvalue weighted by Crippen LogP contribution is -2.50. The van der Waals surface area contributed by atoms with Crippen LogP contribution < -0.4 is 20.7 Å². The summed E-state index contributed by atoms with van der Waals surface area (Å²) in [6, 6.07) is 4.41. The van der Waals surface area contributed by atoms with Crippen LogP contribution in [0.4, 0.5) is 23.7 Å². The Hall–Kier alpha value is -1.96. The van der Waals surface area contributed by atoms with Gasteiger partial charge in [-0.3, -0.25) is 4.90 Å². The van der Waals surface area contributed by atoms with E-state index in [1.807, 2.05) is 0 Å². The van der Waals surface area contributed by atoms with Crippen molar-refractivity contribution in [2.75, 3.05) is 24.5 Å². The molecule has 0 aliphatic carbocycles. The number of nitrogens with one attached hydrogen (secondary N) is 1. The smallest absolute Gasteiger partial charge is 0.406 e. The summed E-state index contributed by atoms with van der Waals surface area (Å²) in [5.74, 6) is -0.0374. The van der Waals surface area contributed by atoms with Crippen LogP contribution in [-0.2, 0) is 0 Å². The van der Waals surface area contributed by atoms with Gasteiger partial charge in [-0.05, 0) is 24.3 Å². The molecule has 5 nitrogen and oxygen atoms in total. The first-order chi connectivity index (χ1) is 9.35. The molecule has 0 radical (unpaired) electrons. The molecular formula is C12H14F3N3O2. The van der Waals surface area contributed by atoms with Gasteiger partial charge in [-0.1, -0.05) is 0 Å². The van der Waals surface area contributed by atoms with E-state index >= 15 is 0 Å². The second-order valence-corrected chi connectivity index (χ2v) is 4.51. The Kier molecular flexibility index (Phi) is 4.03. The average molecular weight is 289 g/mol. The number of carbonyl (C=O) groups is 1. The molecule has 110 valence electrons. The van der Waals surface area contributed by atoms with Gasteiger partial charge in [0.05, 0.1) is 0 Å². The zero-order chi connectivity index (χ0) is 14.8. The number of nitrogens with two attached hydrogens (primary N) is 1. The highest BCUT2D eigenvalue weighted by Crippen LogP contribution is 2.25. The van der Waals surface area contributed by atoms with Gasteiger partial charge in [0.1, 0.15) is 5.75 Å². The first-order valence-corrected chi connectivity index (χ1v) is 5.98. The Morgan fingerprint density at radius 2 is 1.95 bits per heavy atom. The van der Waals surface area contributed by atoms with Gasteiger partial charge >= 0.3 is 12.4 Å². The predicted molar refractivity (Wildman–Crippen MR) is 66.4 cm³/mol. The maximum absolute atomic E-state index is 12.0. The maximum Gasteiger partial charge on any atom is 0.573 e. The molecule has 0 unspecified atom stereocenters. The van der Waals surface area contributed by atoms with Crippen LogP contribution in [0.1, 0.15) is 0 Å². The molecule has 1 saturated heterocycles. The lowest BCUT2D eigenvalue weighted by molar-refractivity contribution is -0.274. The van der Waals surface area contributed by atoms with Gasteiger partial charge in [0.15, 0.2) is 0 Å². The molecule has 1 aromatic rings. The molecule has 0 aromatic heterocycles. The van der Waals surface area contributed by atoms with Crippen LogP contribution in [0, 0.1) is 5.92 Å². The fourth-order valence-corrected chi connectivity index (χ4v) is 1.89. The normalized spacial score (nSPS) is 15.6. The number of amides is 2. The summed E-state index contributed by atoms with van der Waals surface area (Å²) in [5, 5.41) is 3.07. The highest BCUT2D eigenvalue weighted by Gasteiger charge is 2.31. The highest BCUT2D eigenvalue weighted by molar-refractivity contribution is 5.90. The van der Waals surface area contributed by atoms with Gasteiger partial charge in [-0.25, -0.2) is 4.79 Å². The third-order valence-corrected chi connectivity index (χ3v) is 2.95. The van der Waals surface area contributed by atoms with E-state index < -0.39 is 12.4 Å². The van der Waals surface area contributed by atoms with E-state index in [2.05, 4.69) is 10.1 Å². The molecule has 0 bridgehead atoms. The van der Waals surface area contributed by atoms with Crippen molar-refractivity contribution in [3.8, 4) is 5.75 Å². The molecule has 2 rings (SSSR count). The number of rotatable bonds is 4. The topological polar surface area (TPSA) is 67.6 Å². The Labute approximate surface area is 113 Å². The molecular weight excluding hydrogens is 275 g/mol. The molecule has 2 amide bonds. The van der Waals surface area contributed by atoms with Crippen LogP contribution >= 0.6 is 0 Å². The predicted octanol–water partition coefficient (Wildman–Crippen LogP) is 1.69. The molecule has 0 atom stereocenters. The van der Waals surface area contributed by atoms with Crippen LogP contribution in [0.3, 0.4) is 0 Å². The van der Waals surface area contributed by atoms with Crippen molar-refractivity contribution in [1.29, 1.82) is 0 Å². The quantitative estimate of drug-likeness (QED) is 0.886. The van der Waals surface area contributed by atoms with Crippen molar-refractivity contribution in [2.45, 2.75) is 6.36 Å². The summed E-state index contributed by atoms with van der Waals surface area (Å²) < 4.78 is 39.9. The molecule has 1 heterocycles. The standard InChI is InChI=1S/C12H14F3N3O2/c13-12(14,15)20-10-3-1-9(2-4-10)18(11(16)19)7-8-5-17-6-8/h1-4,8,17H,5-7H2,(H2,16,19). The number of hydrogen-bond acceptors (Lipinski definition) is 3. The van der Waals surface area contributed by atoms with E-state index in [0.717, 1.165) is 25.2 Å². The number of halogens is 3. The number of primary amides is 1. The van der Waals surface area contributed by atoms with Crippen molar-refractivity contribution in [3.63, 3.8) is 0 Å². The fraction of sp³-hybridized carbons (Fsp3) is 0.417. The summed E-state index contributed by atoms with van der Waals surface area (Å²) in [6.07, 6.45) is -4.73. The van der Waals surface area contributed by atoms with Gasteiger partial charge in [-0.2, -0.15) is 0 Å². The van der Waals surface area contributed by atoms with Crippen LogP contribution in [0.25, 0.3) is 0 Å². The van der Waals surface area contributed by atoms with Crippen molar-refractivity contribution >= 4 is 11.7 Å². The molecule has 1 fully saturated rings. The number of hydrogen-bond donors (Lipinski definition) is 2. The second-order valence-electron chi connectivity index (χ2n) is 4.51. The van der Waals surface area contributed by atoms with Crippen LogP contribution in [0.5, 0.6) is 5.75 Å². The molecule has 3 N–H and O–H groups in total. The fourth-order valence-electron chi connectivity index (χ4n) is 1.89. The minimum absolute atomic E-state index is 0.300.